The third kappa shape index (κ3) is 1.89. The summed E-state index contributed by atoms with van der Waals surface area (Å²) in [4.78, 5) is 8.99. The molecule has 0 N–H and O–H groups in total. The summed E-state index contributed by atoms with van der Waals surface area (Å²) in [6, 6.07) is 3.65. The van der Waals surface area contributed by atoms with E-state index in [9.17, 15) is 0 Å². The first-order valence-electron chi connectivity index (χ1n) is 6.97. The summed E-state index contributed by atoms with van der Waals surface area (Å²) >= 11 is 0. The van der Waals surface area contributed by atoms with Gasteiger partial charge in [0.2, 0.25) is 5.82 Å². The average molecular weight is 282 g/mol. The molecule has 0 aliphatic heterocycles. The van der Waals surface area contributed by atoms with Crippen molar-refractivity contribution in [2.45, 2.75) is 26.3 Å². The van der Waals surface area contributed by atoms with Crippen LogP contribution in [-0.2, 0) is 6.54 Å². The molecule has 106 valence electrons. The van der Waals surface area contributed by atoms with Gasteiger partial charge in [0.05, 0.1) is 17.8 Å². The van der Waals surface area contributed by atoms with Crippen molar-refractivity contribution in [3.8, 4) is 11.6 Å². The van der Waals surface area contributed by atoms with Crippen LogP contribution in [-0.4, -0.2) is 29.4 Å². The lowest BCUT2D eigenvalue weighted by molar-refractivity contribution is 0.577. The predicted molar refractivity (Wildman–Crippen MR) is 76.7 cm³/mol. The lowest BCUT2D eigenvalue weighted by atomic mass is 10.3. The van der Waals surface area contributed by atoms with E-state index in [4.69, 9.17) is 4.42 Å². The van der Waals surface area contributed by atoms with Gasteiger partial charge in [0, 0.05) is 6.54 Å². The van der Waals surface area contributed by atoms with Crippen molar-refractivity contribution in [1.82, 2.24) is 29.4 Å². The molecule has 7 nitrogen and oxygen atoms in total. The van der Waals surface area contributed by atoms with Crippen LogP contribution < -0.4 is 0 Å². The first-order chi connectivity index (χ1) is 10.4. The van der Waals surface area contributed by atoms with Crippen LogP contribution in [0.3, 0.4) is 0 Å². The molecular formula is C14H14N6O. The van der Waals surface area contributed by atoms with Crippen LogP contribution in [0.4, 0.5) is 0 Å². The first-order valence-corrected chi connectivity index (χ1v) is 6.97. The zero-order valence-corrected chi connectivity index (χ0v) is 11.6. The Morgan fingerprint density at radius 1 is 1.29 bits per heavy atom. The summed E-state index contributed by atoms with van der Waals surface area (Å²) < 4.78 is 8.92. The fraction of sp³-hybridized carbons (Fsp3) is 0.286. The number of unbranched alkanes of at least 4 members (excludes halogenated alkanes) is 1. The summed E-state index contributed by atoms with van der Waals surface area (Å²) in [5.41, 5.74) is 1.59. The topological polar surface area (TPSA) is 74.0 Å². The second-order valence-electron chi connectivity index (χ2n) is 4.88. The molecule has 0 aliphatic carbocycles. The molecule has 0 atom stereocenters. The van der Waals surface area contributed by atoms with E-state index in [-0.39, 0.29) is 0 Å². The standard InChI is InChI=1S/C14H14N6O/c1-2-3-6-19-13-10(8-16-19)14-17-12(11-5-4-7-21-11)18-20(14)9-15-13/h4-5,7-9H,2-3,6H2,1H3. The van der Waals surface area contributed by atoms with E-state index in [1.54, 1.807) is 23.3 Å². The average Bonchev–Trinajstić information content (AvgIpc) is 3.21. The van der Waals surface area contributed by atoms with Crippen LogP contribution in [0.25, 0.3) is 28.3 Å². The monoisotopic (exact) mass is 282 g/mol. The van der Waals surface area contributed by atoms with E-state index in [1.165, 1.54) is 0 Å². The first kappa shape index (κ1) is 12.1. The van der Waals surface area contributed by atoms with Gasteiger partial charge in [-0.1, -0.05) is 13.3 Å². The molecule has 0 saturated carbocycles. The molecule has 4 aromatic heterocycles. The minimum Gasteiger partial charge on any atom is -0.461 e. The molecule has 0 spiro atoms. The Kier molecular flexibility index (Phi) is 2.70. The van der Waals surface area contributed by atoms with E-state index < -0.39 is 0 Å². The summed E-state index contributed by atoms with van der Waals surface area (Å²) in [7, 11) is 0. The molecule has 4 rings (SSSR count). The molecule has 0 aliphatic rings. The van der Waals surface area contributed by atoms with Crippen molar-refractivity contribution in [1.29, 1.82) is 0 Å². The van der Waals surface area contributed by atoms with Crippen LogP contribution >= 0.6 is 0 Å². The number of furan rings is 1. The van der Waals surface area contributed by atoms with Gasteiger partial charge in [-0.2, -0.15) is 5.10 Å². The van der Waals surface area contributed by atoms with Crippen molar-refractivity contribution in [2.75, 3.05) is 0 Å². The quantitative estimate of drug-likeness (QED) is 0.575. The number of aromatic nitrogens is 6. The van der Waals surface area contributed by atoms with E-state index in [0.29, 0.717) is 11.6 Å². The molecule has 4 aromatic rings. The molecule has 0 saturated heterocycles. The smallest absolute Gasteiger partial charge is 0.217 e. The molecule has 21 heavy (non-hydrogen) atoms. The minimum absolute atomic E-state index is 0.551. The van der Waals surface area contributed by atoms with Gasteiger partial charge in [-0.25, -0.2) is 19.2 Å². The highest BCUT2D eigenvalue weighted by Gasteiger charge is 2.14. The van der Waals surface area contributed by atoms with Gasteiger partial charge in [0.25, 0.3) is 0 Å². The predicted octanol–water partition coefficient (Wildman–Crippen LogP) is 2.53. The summed E-state index contributed by atoms with van der Waals surface area (Å²) in [5.74, 6) is 1.20. The number of aryl methyl sites for hydroxylation is 1. The number of fused-ring (bicyclic) bond motifs is 3. The lowest BCUT2D eigenvalue weighted by Gasteiger charge is -2.00. The Morgan fingerprint density at radius 2 is 2.24 bits per heavy atom. The van der Waals surface area contributed by atoms with Gasteiger partial charge >= 0.3 is 0 Å². The van der Waals surface area contributed by atoms with Gasteiger partial charge in [0.1, 0.15) is 6.33 Å². The molecule has 7 heteroatoms. The van der Waals surface area contributed by atoms with Crippen LogP contribution in [0.2, 0.25) is 0 Å². The van der Waals surface area contributed by atoms with Gasteiger partial charge in [0.15, 0.2) is 17.1 Å². The van der Waals surface area contributed by atoms with E-state index >= 15 is 0 Å². The third-order valence-electron chi connectivity index (χ3n) is 3.44. The van der Waals surface area contributed by atoms with Gasteiger partial charge in [-0.05, 0) is 18.6 Å². The molecule has 0 aromatic carbocycles. The molecule has 0 radical (unpaired) electrons. The lowest BCUT2D eigenvalue weighted by Crippen LogP contribution is -2.01. The number of nitrogens with zero attached hydrogens (tertiary/aromatic N) is 6. The van der Waals surface area contributed by atoms with Gasteiger partial charge < -0.3 is 4.42 Å². The fourth-order valence-electron chi connectivity index (χ4n) is 2.35. The Balaban J connectivity index is 1.87. The van der Waals surface area contributed by atoms with Crippen molar-refractivity contribution < 1.29 is 4.42 Å². The normalized spacial score (nSPS) is 11.7. The number of hydrogen-bond acceptors (Lipinski definition) is 5. The van der Waals surface area contributed by atoms with Crippen molar-refractivity contribution in [3.05, 3.63) is 30.9 Å². The summed E-state index contributed by atoms with van der Waals surface area (Å²) in [5, 5.41) is 9.70. The van der Waals surface area contributed by atoms with E-state index in [2.05, 4.69) is 27.1 Å². The Hall–Kier alpha value is -2.70. The zero-order chi connectivity index (χ0) is 14.2. The fourth-order valence-corrected chi connectivity index (χ4v) is 2.35. The molecular weight excluding hydrogens is 268 g/mol. The van der Waals surface area contributed by atoms with Crippen LogP contribution in [0, 0.1) is 0 Å². The van der Waals surface area contributed by atoms with Crippen LogP contribution in [0.1, 0.15) is 19.8 Å². The van der Waals surface area contributed by atoms with E-state index in [0.717, 1.165) is 36.1 Å². The maximum absolute atomic E-state index is 5.34. The molecule has 0 fully saturated rings. The van der Waals surface area contributed by atoms with Crippen molar-refractivity contribution in [3.63, 3.8) is 0 Å². The Morgan fingerprint density at radius 3 is 3.05 bits per heavy atom. The van der Waals surface area contributed by atoms with Crippen LogP contribution in [0.15, 0.2) is 35.3 Å². The second-order valence-corrected chi connectivity index (χ2v) is 4.88. The Labute approximate surface area is 120 Å². The summed E-state index contributed by atoms with van der Waals surface area (Å²) in [6.07, 6.45) is 7.28. The van der Waals surface area contributed by atoms with E-state index in [1.807, 2.05) is 16.8 Å². The highest BCUT2D eigenvalue weighted by atomic mass is 16.3. The molecule has 0 unspecified atom stereocenters. The molecule has 0 amide bonds. The van der Waals surface area contributed by atoms with Crippen molar-refractivity contribution >= 4 is 16.7 Å². The minimum atomic E-state index is 0.551. The largest absolute Gasteiger partial charge is 0.461 e. The van der Waals surface area contributed by atoms with Crippen molar-refractivity contribution in [2.24, 2.45) is 0 Å². The highest BCUT2D eigenvalue weighted by molar-refractivity contribution is 5.88. The zero-order valence-electron chi connectivity index (χ0n) is 11.6. The molecule has 0 bridgehead atoms. The maximum Gasteiger partial charge on any atom is 0.217 e. The van der Waals surface area contributed by atoms with Crippen LogP contribution in [0.5, 0.6) is 0 Å². The highest BCUT2D eigenvalue weighted by Crippen LogP contribution is 2.21. The van der Waals surface area contributed by atoms with Gasteiger partial charge in [-0.15, -0.1) is 5.10 Å². The second kappa shape index (κ2) is 4.69. The maximum atomic E-state index is 5.34. The van der Waals surface area contributed by atoms with Gasteiger partial charge in [-0.3, -0.25) is 0 Å². The summed E-state index contributed by atoms with van der Waals surface area (Å²) in [6.45, 7) is 3.02. The third-order valence-corrected chi connectivity index (χ3v) is 3.44. The number of rotatable bonds is 4. The number of hydrogen-bond donors (Lipinski definition) is 0. The SMILES string of the molecule is CCCCn1ncc2c1ncn1nc(-c3ccco3)nc21. The Bertz CT molecular complexity index is 889. The molecule has 4 heterocycles.